The minimum Gasteiger partial charge on any atom is -0.491 e. The highest BCUT2D eigenvalue weighted by atomic mass is 16.5. The van der Waals surface area contributed by atoms with Gasteiger partial charge in [-0.25, -0.2) is 0 Å². The summed E-state index contributed by atoms with van der Waals surface area (Å²) < 4.78 is 11.7. The van der Waals surface area contributed by atoms with Crippen LogP contribution in [0.15, 0.2) is 18.2 Å². The van der Waals surface area contributed by atoms with Gasteiger partial charge in [0.1, 0.15) is 18.5 Å². The maximum Gasteiger partial charge on any atom is 0.119 e. The molecule has 1 aromatic rings. The fourth-order valence-corrected chi connectivity index (χ4v) is 3.15. The lowest BCUT2D eigenvalue weighted by Gasteiger charge is -2.33. The van der Waals surface area contributed by atoms with E-state index in [0.717, 1.165) is 38.3 Å². The Labute approximate surface area is 146 Å². The zero-order valence-electron chi connectivity index (χ0n) is 15.6. The molecular weight excluding hydrogens is 302 g/mol. The van der Waals surface area contributed by atoms with Gasteiger partial charge in [0.05, 0.1) is 6.10 Å². The molecule has 1 fully saturated rings. The Kier molecular flexibility index (Phi) is 7.53. The molecule has 1 aliphatic heterocycles. The maximum atomic E-state index is 10.2. The van der Waals surface area contributed by atoms with E-state index in [1.165, 1.54) is 11.1 Å². The van der Waals surface area contributed by atoms with Crippen molar-refractivity contribution in [3.05, 3.63) is 29.3 Å². The number of benzene rings is 1. The van der Waals surface area contributed by atoms with Gasteiger partial charge in [-0.1, -0.05) is 19.9 Å². The van der Waals surface area contributed by atoms with Crippen molar-refractivity contribution < 1.29 is 14.6 Å². The quantitative estimate of drug-likeness (QED) is 0.792. The summed E-state index contributed by atoms with van der Waals surface area (Å²) in [6.07, 6.45) is 2.03. The van der Waals surface area contributed by atoms with Crippen molar-refractivity contribution in [3.8, 4) is 5.75 Å². The molecule has 0 aliphatic carbocycles. The van der Waals surface area contributed by atoms with Crippen LogP contribution in [-0.2, 0) is 4.74 Å². The van der Waals surface area contributed by atoms with Gasteiger partial charge in [0.25, 0.3) is 0 Å². The number of rotatable bonds is 8. The van der Waals surface area contributed by atoms with Crippen molar-refractivity contribution in [3.63, 3.8) is 0 Å². The lowest BCUT2D eigenvalue weighted by atomic mass is 10.1. The molecular formula is C20H33NO3. The third kappa shape index (κ3) is 6.80. The Hall–Kier alpha value is -1.10. The van der Waals surface area contributed by atoms with Crippen LogP contribution in [0.2, 0.25) is 0 Å². The fourth-order valence-electron chi connectivity index (χ4n) is 3.15. The molecule has 1 heterocycles. The lowest BCUT2D eigenvalue weighted by molar-refractivity contribution is -0.0156. The molecule has 1 N–H and O–H groups in total. The molecule has 0 amide bonds. The van der Waals surface area contributed by atoms with E-state index in [1.807, 2.05) is 12.1 Å². The van der Waals surface area contributed by atoms with Crippen LogP contribution in [0, 0.1) is 19.8 Å². The predicted octanol–water partition coefficient (Wildman–Crippen LogP) is 3.18. The molecule has 1 atom stereocenters. The topological polar surface area (TPSA) is 41.9 Å². The summed E-state index contributed by atoms with van der Waals surface area (Å²) in [5.74, 6) is 1.43. The second-order valence-electron chi connectivity index (χ2n) is 7.52. The standard InChI is InChI=1S/C20H33NO3/c1-15(2)13-23-19-5-7-21(8-6-19)12-18(22)14-24-20-10-16(3)9-17(4)11-20/h9-11,15,18-19,22H,5-8,12-14H2,1-4H3. The summed E-state index contributed by atoms with van der Waals surface area (Å²) in [5, 5.41) is 10.2. The highest BCUT2D eigenvalue weighted by Crippen LogP contribution is 2.17. The van der Waals surface area contributed by atoms with Crippen molar-refractivity contribution in [2.75, 3.05) is 32.8 Å². The number of hydrogen-bond acceptors (Lipinski definition) is 4. The van der Waals surface area contributed by atoms with Gasteiger partial charge in [0, 0.05) is 26.2 Å². The first-order chi connectivity index (χ1) is 11.4. The SMILES string of the molecule is Cc1cc(C)cc(OCC(O)CN2CCC(OCC(C)C)CC2)c1. The van der Waals surface area contributed by atoms with Crippen molar-refractivity contribution >= 4 is 0 Å². The van der Waals surface area contributed by atoms with Crippen molar-refractivity contribution in [1.82, 2.24) is 4.90 Å². The largest absolute Gasteiger partial charge is 0.491 e. The normalized spacial score (nSPS) is 18.1. The fraction of sp³-hybridized carbons (Fsp3) is 0.700. The van der Waals surface area contributed by atoms with E-state index >= 15 is 0 Å². The molecule has 1 aromatic carbocycles. The van der Waals surface area contributed by atoms with Gasteiger partial charge in [0.15, 0.2) is 0 Å². The first kappa shape index (κ1) is 19.2. The highest BCUT2D eigenvalue weighted by molar-refractivity contribution is 5.32. The molecule has 0 saturated carbocycles. The molecule has 0 bridgehead atoms. The Morgan fingerprint density at radius 2 is 1.71 bits per heavy atom. The van der Waals surface area contributed by atoms with Crippen LogP contribution < -0.4 is 4.74 Å². The number of likely N-dealkylation sites (tertiary alicyclic amines) is 1. The minimum atomic E-state index is -0.459. The Balaban J connectivity index is 1.67. The van der Waals surface area contributed by atoms with E-state index in [1.54, 1.807) is 0 Å². The molecule has 1 unspecified atom stereocenters. The average molecular weight is 335 g/mol. The van der Waals surface area contributed by atoms with E-state index in [2.05, 4.69) is 38.7 Å². The summed E-state index contributed by atoms with van der Waals surface area (Å²) in [6, 6.07) is 6.14. The summed E-state index contributed by atoms with van der Waals surface area (Å²) in [4.78, 5) is 2.31. The van der Waals surface area contributed by atoms with Crippen molar-refractivity contribution in [1.29, 1.82) is 0 Å². The molecule has 4 heteroatoms. The van der Waals surface area contributed by atoms with Crippen LogP contribution in [0.25, 0.3) is 0 Å². The van der Waals surface area contributed by atoms with Crippen LogP contribution >= 0.6 is 0 Å². The van der Waals surface area contributed by atoms with Crippen LogP contribution in [0.5, 0.6) is 5.75 Å². The van der Waals surface area contributed by atoms with Gasteiger partial charge in [0.2, 0.25) is 0 Å². The number of nitrogens with zero attached hydrogens (tertiary/aromatic N) is 1. The third-order valence-corrected chi connectivity index (χ3v) is 4.31. The Morgan fingerprint density at radius 3 is 2.29 bits per heavy atom. The second kappa shape index (κ2) is 9.40. The lowest BCUT2D eigenvalue weighted by Crippen LogP contribution is -2.42. The number of aliphatic hydroxyl groups is 1. The molecule has 1 saturated heterocycles. The van der Waals surface area contributed by atoms with Gasteiger partial charge in [-0.3, -0.25) is 0 Å². The summed E-state index contributed by atoms with van der Waals surface area (Å²) in [6.45, 7) is 12.3. The van der Waals surface area contributed by atoms with Gasteiger partial charge < -0.3 is 19.5 Å². The van der Waals surface area contributed by atoms with E-state index in [-0.39, 0.29) is 0 Å². The van der Waals surface area contributed by atoms with E-state index in [9.17, 15) is 5.11 Å². The zero-order valence-corrected chi connectivity index (χ0v) is 15.6. The van der Waals surface area contributed by atoms with Crippen LogP contribution in [0.1, 0.15) is 37.8 Å². The molecule has 136 valence electrons. The first-order valence-electron chi connectivity index (χ1n) is 9.15. The van der Waals surface area contributed by atoms with Crippen LogP contribution in [0.4, 0.5) is 0 Å². The smallest absolute Gasteiger partial charge is 0.119 e. The van der Waals surface area contributed by atoms with Gasteiger partial charge in [-0.05, 0) is 55.9 Å². The second-order valence-corrected chi connectivity index (χ2v) is 7.52. The molecule has 1 aliphatic rings. The van der Waals surface area contributed by atoms with E-state index < -0.39 is 6.10 Å². The molecule has 4 nitrogen and oxygen atoms in total. The average Bonchev–Trinajstić information content (AvgIpc) is 2.51. The molecule has 0 aromatic heterocycles. The number of ether oxygens (including phenoxy) is 2. The number of β-amino-alcohol motifs (C(OH)–C–C–N with tert-alkyl or cyclic N) is 1. The number of hydrogen-bond donors (Lipinski definition) is 1. The molecule has 24 heavy (non-hydrogen) atoms. The highest BCUT2D eigenvalue weighted by Gasteiger charge is 2.21. The van der Waals surface area contributed by atoms with Crippen LogP contribution in [0.3, 0.4) is 0 Å². The van der Waals surface area contributed by atoms with Crippen molar-refractivity contribution in [2.45, 2.75) is 52.7 Å². The number of aryl methyl sites for hydroxylation is 2. The van der Waals surface area contributed by atoms with Crippen molar-refractivity contribution in [2.24, 2.45) is 5.92 Å². The van der Waals surface area contributed by atoms with Gasteiger partial charge in [-0.15, -0.1) is 0 Å². The molecule has 0 radical (unpaired) electrons. The molecule has 2 rings (SSSR count). The Bertz CT molecular complexity index is 475. The monoisotopic (exact) mass is 335 g/mol. The molecule has 0 spiro atoms. The zero-order chi connectivity index (χ0) is 17.5. The van der Waals surface area contributed by atoms with Gasteiger partial charge >= 0.3 is 0 Å². The predicted molar refractivity (Wildman–Crippen MR) is 97.7 cm³/mol. The Morgan fingerprint density at radius 1 is 1.08 bits per heavy atom. The van der Waals surface area contributed by atoms with E-state index in [0.29, 0.717) is 25.2 Å². The number of piperidine rings is 1. The summed E-state index contributed by atoms with van der Waals surface area (Å²) >= 11 is 0. The summed E-state index contributed by atoms with van der Waals surface area (Å²) in [5.41, 5.74) is 2.37. The summed E-state index contributed by atoms with van der Waals surface area (Å²) in [7, 11) is 0. The maximum absolute atomic E-state index is 10.2. The van der Waals surface area contributed by atoms with E-state index in [4.69, 9.17) is 9.47 Å². The van der Waals surface area contributed by atoms with Gasteiger partial charge in [-0.2, -0.15) is 0 Å². The van der Waals surface area contributed by atoms with Crippen LogP contribution in [-0.4, -0.2) is 55.1 Å². The number of aliphatic hydroxyl groups excluding tert-OH is 1. The first-order valence-corrected chi connectivity index (χ1v) is 9.15. The third-order valence-electron chi connectivity index (χ3n) is 4.31. The minimum absolute atomic E-state index is 0.340.